The van der Waals surface area contributed by atoms with Gasteiger partial charge in [-0.2, -0.15) is 9.49 Å². The molecule has 0 bridgehead atoms. The molecule has 5 rings (SSSR count). The molecule has 0 saturated heterocycles. The highest BCUT2D eigenvalue weighted by Crippen LogP contribution is 2.43. The second-order valence-corrected chi connectivity index (χ2v) is 8.79. The molecule has 2 aromatic carbocycles. The number of amides is 2. The molecule has 4 aromatic rings. The number of aryl methyl sites for hydroxylation is 2. The fourth-order valence-electron chi connectivity index (χ4n) is 4.69. The normalized spacial score (nSPS) is 13.6. The molecule has 2 aromatic heterocycles. The molecular formula is C27H26FN5O5. The van der Waals surface area contributed by atoms with Gasteiger partial charge < -0.3 is 29.8 Å². The van der Waals surface area contributed by atoms with Gasteiger partial charge in [0.1, 0.15) is 5.75 Å². The van der Waals surface area contributed by atoms with Gasteiger partial charge in [0.25, 0.3) is 0 Å². The number of ketones is 1. The van der Waals surface area contributed by atoms with Crippen molar-refractivity contribution in [3.63, 3.8) is 0 Å². The van der Waals surface area contributed by atoms with Crippen LogP contribution in [-0.2, 0) is 7.05 Å². The second kappa shape index (κ2) is 9.25. The number of benzene rings is 2. The van der Waals surface area contributed by atoms with Gasteiger partial charge in [0, 0.05) is 42.0 Å². The van der Waals surface area contributed by atoms with E-state index >= 15 is 4.39 Å². The van der Waals surface area contributed by atoms with Crippen LogP contribution in [0.25, 0.3) is 28.2 Å². The maximum atomic E-state index is 15.1. The van der Waals surface area contributed by atoms with Crippen molar-refractivity contribution in [1.82, 2.24) is 20.1 Å². The summed E-state index contributed by atoms with van der Waals surface area (Å²) in [6.45, 7) is 3.79. The zero-order valence-corrected chi connectivity index (χ0v) is 21.7. The molecule has 0 atom stereocenters. The molecular weight excluding hydrogens is 493 g/mol. The molecule has 0 unspecified atom stereocenters. The summed E-state index contributed by atoms with van der Waals surface area (Å²) in [5, 5.41) is 10.2. The van der Waals surface area contributed by atoms with Crippen LogP contribution >= 0.6 is 0 Å². The van der Waals surface area contributed by atoms with Gasteiger partial charge in [-0.05, 0) is 44.2 Å². The summed E-state index contributed by atoms with van der Waals surface area (Å²) in [6, 6.07) is 5.96. The minimum atomic E-state index is -0.647. The van der Waals surface area contributed by atoms with E-state index in [4.69, 9.17) is 14.2 Å². The predicted octanol–water partition coefficient (Wildman–Crippen LogP) is 4.71. The molecule has 3 N–H and O–H groups in total. The number of halogens is 1. The van der Waals surface area contributed by atoms with E-state index in [9.17, 15) is 9.59 Å². The van der Waals surface area contributed by atoms with Crippen LogP contribution in [-0.4, -0.2) is 47.8 Å². The van der Waals surface area contributed by atoms with E-state index in [-0.39, 0.29) is 23.0 Å². The van der Waals surface area contributed by atoms with Gasteiger partial charge >= 0.3 is 6.03 Å². The number of carbonyl (C=O) groups is 2. The number of hydrogen-bond donors (Lipinski definition) is 3. The largest absolute Gasteiger partial charge is 0.494 e. The van der Waals surface area contributed by atoms with Crippen LogP contribution in [0.1, 0.15) is 27.3 Å². The van der Waals surface area contributed by atoms with E-state index < -0.39 is 11.8 Å². The lowest BCUT2D eigenvalue weighted by atomic mass is 10.0. The van der Waals surface area contributed by atoms with Crippen molar-refractivity contribution in [3.05, 3.63) is 58.4 Å². The number of ether oxygens (including phenoxy) is 3. The van der Waals surface area contributed by atoms with Crippen LogP contribution in [0.2, 0.25) is 0 Å². The molecule has 3 heterocycles. The Morgan fingerprint density at radius 3 is 2.61 bits per heavy atom. The minimum absolute atomic E-state index is 0.00829. The Morgan fingerprint density at radius 2 is 1.97 bits per heavy atom. The Hall–Kier alpha value is -4.80. The zero-order valence-electron chi connectivity index (χ0n) is 21.7. The molecule has 2 amide bonds. The van der Waals surface area contributed by atoms with Crippen LogP contribution in [0.5, 0.6) is 17.2 Å². The van der Waals surface area contributed by atoms with Crippen molar-refractivity contribution in [3.8, 4) is 28.5 Å². The standard InChI is InChI=1S/C27H26FN5O5/c1-12-21(13(2)33(4)32-12)23-15(16-10-19(36-5)22(28)26(37-6)24(16)31-23)11-20-25(34)17-9-14(30-27(35)29-3)7-8-18(17)38-20/h7-11,31H,1-6H3,(H2,29,30,35). The van der Waals surface area contributed by atoms with Crippen LogP contribution in [0.15, 0.2) is 30.0 Å². The topological polar surface area (TPSA) is 120 Å². The third kappa shape index (κ3) is 3.83. The van der Waals surface area contributed by atoms with Crippen molar-refractivity contribution < 1.29 is 28.2 Å². The second-order valence-electron chi connectivity index (χ2n) is 8.79. The van der Waals surface area contributed by atoms with E-state index in [2.05, 4.69) is 20.7 Å². The van der Waals surface area contributed by atoms with Gasteiger partial charge in [-0.3, -0.25) is 9.48 Å². The summed E-state index contributed by atoms with van der Waals surface area (Å²) < 4.78 is 33.4. The van der Waals surface area contributed by atoms with E-state index in [1.807, 2.05) is 20.9 Å². The van der Waals surface area contributed by atoms with Crippen LogP contribution in [0.3, 0.4) is 0 Å². The third-order valence-corrected chi connectivity index (χ3v) is 6.61. The van der Waals surface area contributed by atoms with Gasteiger partial charge in [-0.1, -0.05) is 0 Å². The van der Waals surface area contributed by atoms with Gasteiger partial charge in [-0.25, -0.2) is 4.79 Å². The summed E-state index contributed by atoms with van der Waals surface area (Å²) >= 11 is 0. The maximum Gasteiger partial charge on any atom is 0.318 e. The SMILES string of the molecule is CNC(=O)Nc1ccc2c(c1)C(=O)C(=Cc1c(-c3c(C)nn(C)c3C)[nH]c3c(OC)c(F)c(OC)cc13)O2. The van der Waals surface area contributed by atoms with Crippen molar-refractivity contribution in [2.75, 3.05) is 26.6 Å². The predicted molar refractivity (Wildman–Crippen MR) is 140 cm³/mol. The van der Waals surface area contributed by atoms with Crippen LogP contribution < -0.4 is 24.8 Å². The maximum absolute atomic E-state index is 15.1. The van der Waals surface area contributed by atoms with Crippen molar-refractivity contribution in [2.45, 2.75) is 13.8 Å². The van der Waals surface area contributed by atoms with Crippen LogP contribution in [0.4, 0.5) is 14.9 Å². The van der Waals surface area contributed by atoms with Crippen LogP contribution in [0, 0.1) is 19.7 Å². The number of aromatic amines is 1. The smallest absolute Gasteiger partial charge is 0.318 e. The quantitative estimate of drug-likeness (QED) is 0.329. The molecule has 10 nitrogen and oxygen atoms in total. The average molecular weight is 520 g/mol. The molecule has 0 spiro atoms. The van der Waals surface area contributed by atoms with Crippen molar-refractivity contribution in [2.24, 2.45) is 7.05 Å². The molecule has 0 fully saturated rings. The Morgan fingerprint density at radius 1 is 1.21 bits per heavy atom. The molecule has 38 heavy (non-hydrogen) atoms. The minimum Gasteiger partial charge on any atom is -0.494 e. The van der Waals surface area contributed by atoms with E-state index in [0.29, 0.717) is 39.2 Å². The first-order valence-corrected chi connectivity index (χ1v) is 11.7. The molecule has 1 aliphatic rings. The van der Waals surface area contributed by atoms with Crippen molar-refractivity contribution in [1.29, 1.82) is 0 Å². The highest BCUT2D eigenvalue weighted by atomic mass is 19.1. The lowest BCUT2D eigenvalue weighted by Gasteiger charge is -2.08. The number of hydrogen-bond acceptors (Lipinski definition) is 6. The number of nitrogens with zero attached hydrogens (tertiary/aromatic N) is 2. The molecule has 0 radical (unpaired) electrons. The Bertz CT molecular complexity index is 1670. The Labute approximate surface area is 217 Å². The number of Topliss-reactive ketones (excluding diaryl/α,β-unsaturated/α-hetero) is 1. The number of nitrogens with one attached hydrogen (secondary N) is 3. The summed E-state index contributed by atoms with van der Waals surface area (Å²) in [4.78, 5) is 28.4. The van der Waals surface area contributed by atoms with Gasteiger partial charge in [0.2, 0.25) is 11.6 Å². The molecule has 0 saturated carbocycles. The number of aromatic nitrogens is 3. The lowest BCUT2D eigenvalue weighted by Crippen LogP contribution is -2.24. The number of allylic oxidation sites excluding steroid dienone is 1. The first-order chi connectivity index (χ1) is 18.2. The lowest BCUT2D eigenvalue weighted by molar-refractivity contribution is 0.101. The van der Waals surface area contributed by atoms with Gasteiger partial charge in [-0.15, -0.1) is 0 Å². The number of rotatable bonds is 5. The van der Waals surface area contributed by atoms with Gasteiger partial charge in [0.15, 0.2) is 17.3 Å². The third-order valence-electron chi connectivity index (χ3n) is 6.61. The number of H-pyrrole nitrogens is 1. The summed E-state index contributed by atoms with van der Waals surface area (Å²) in [5.41, 5.74) is 4.77. The fourth-order valence-corrected chi connectivity index (χ4v) is 4.69. The number of urea groups is 1. The van der Waals surface area contributed by atoms with E-state index in [1.54, 1.807) is 35.0 Å². The fraction of sp³-hybridized carbons (Fsp3) is 0.222. The Balaban J connectivity index is 1.72. The number of carbonyl (C=O) groups excluding carboxylic acids is 2. The summed E-state index contributed by atoms with van der Waals surface area (Å²) in [6.07, 6.45) is 1.62. The highest BCUT2D eigenvalue weighted by molar-refractivity contribution is 6.16. The number of methoxy groups -OCH3 is 2. The average Bonchev–Trinajstić information content (AvgIpc) is 3.49. The Kier molecular flexibility index (Phi) is 6.06. The van der Waals surface area contributed by atoms with Gasteiger partial charge in [0.05, 0.1) is 36.7 Å². The zero-order chi connectivity index (χ0) is 27.3. The molecule has 1 aliphatic heterocycles. The summed E-state index contributed by atoms with van der Waals surface area (Å²) in [5.74, 6) is -0.601. The number of fused-ring (bicyclic) bond motifs is 2. The van der Waals surface area contributed by atoms with E-state index in [1.165, 1.54) is 21.3 Å². The first-order valence-electron chi connectivity index (χ1n) is 11.7. The monoisotopic (exact) mass is 519 g/mol. The molecule has 196 valence electrons. The van der Waals surface area contributed by atoms with Crippen molar-refractivity contribution >= 4 is 34.5 Å². The van der Waals surface area contributed by atoms with E-state index in [0.717, 1.165) is 17.0 Å². The number of anilines is 1. The summed E-state index contributed by atoms with van der Waals surface area (Å²) in [7, 11) is 6.08. The first kappa shape index (κ1) is 24.9. The molecule has 0 aliphatic carbocycles. The molecule has 11 heteroatoms. The highest BCUT2D eigenvalue weighted by Gasteiger charge is 2.30.